The lowest BCUT2D eigenvalue weighted by Gasteiger charge is -2.45. The molecule has 3 aromatic heterocycles. The van der Waals surface area contributed by atoms with Crippen LogP contribution in [0.15, 0.2) is 224 Å². The van der Waals surface area contributed by atoms with Crippen LogP contribution in [0.3, 0.4) is 0 Å². The second kappa shape index (κ2) is 25.8. The third-order valence-electron chi connectivity index (χ3n) is 14.1. The molecule has 14 heteroatoms. The zero-order chi connectivity index (χ0) is 52.7. The fourth-order valence-corrected chi connectivity index (χ4v) is 11.7. The summed E-state index contributed by atoms with van der Waals surface area (Å²) in [7, 11) is -3.91. The number of nitrogens with two attached hydrogens (primary N) is 1. The Hall–Kier alpha value is -7.11. The van der Waals surface area contributed by atoms with Crippen molar-refractivity contribution in [3.05, 3.63) is 258 Å². The van der Waals surface area contributed by atoms with E-state index in [1.165, 1.54) is 3.97 Å². The number of para-hydroxylation sites is 1. The molecule has 0 unspecified atom stereocenters. The van der Waals surface area contributed by atoms with Gasteiger partial charge in [0.25, 0.3) is 10.0 Å². The standard InChI is InChI=1S/C63H65N5O8S/c64-36-19-6-20-38-71-46-58-59(73-44-49-24-21-37-65-40-49)60(74-43-48-22-7-1-8-23-48)61(62(76-58)72-39-35-50-41-68(57-34-18-17-33-56(50)57)77(69,70)55-31-15-5-16-32-55)75-45-54-42-67(47-66-54)63(51-25-9-2-10-26-51,52-27-11-3-12-28-52)53-29-13-4-14-30-53/h1-5,7-18,21-34,37,40-42,47,58-62H,6,19-20,35-36,38-39,43-46,64H2/t58-,59-,60+,61+,62-/m0/s1. The molecule has 0 aliphatic carbocycles. The summed E-state index contributed by atoms with van der Waals surface area (Å²) in [5.41, 5.74) is 12.1. The summed E-state index contributed by atoms with van der Waals surface area (Å²) in [6.45, 7) is 1.98. The van der Waals surface area contributed by atoms with Gasteiger partial charge in [-0.1, -0.05) is 164 Å². The van der Waals surface area contributed by atoms with Gasteiger partial charge in [0.1, 0.15) is 30.0 Å². The number of hydrogen-bond acceptors (Lipinski definition) is 11. The first-order valence-corrected chi connectivity index (χ1v) is 27.8. The normalized spacial score (nSPS) is 17.9. The van der Waals surface area contributed by atoms with Gasteiger partial charge in [-0.05, 0) is 89.9 Å². The Morgan fingerprint density at radius 1 is 0.584 bits per heavy atom. The summed E-state index contributed by atoms with van der Waals surface area (Å²) >= 11 is 0. The number of rotatable bonds is 26. The van der Waals surface area contributed by atoms with Crippen molar-refractivity contribution in [3.8, 4) is 0 Å². The van der Waals surface area contributed by atoms with Crippen LogP contribution in [-0.4, -0.2) is 84.0 Å². The predicted molar refractivity (Wildman–Crippen MR) is 296 cm³/mol. The maximum atomic E-state index is 14.1. The van der Waals surface area contributed by atoms with Gasteiger partial charge >= 0.3 is 0 Å². The minimum Gasteiger partial charge on any atom is -0.379 e. The van der Waals surface area contributed by atoms with Crippen molar-refractivity contribution >= 4 is 20.9 Å². The van der Waals surface area contributed by atoms with Crippen LogP contribution in [0.4, 0.5) is 0 Å². The zero-order valence-electron chi connectivity index (χ0n) is 43.0. The van der Waals surface area contributed by atoms with E-state index in [4.69, 9.17) is 39.1 Å². The monoisotopic (exact) mass is 1050 g/mol. The maximum Gasteiger partial charge on any atom is 0.268 e. The number of nitrogens with zero attached hydrogens (tertiary/aromatic N) is 4. The van der Waals surface area contributed by atoms with Crippen molar-refractivity contribution in [2.24, 2.45) is 5.73 Å². The molecule has 0 radical (unpaired) electrons. The molecule has 6 aromatic carbocycles. The molecular weight excluding hydrogens is 987 g/mol. The average molecular weight is 1050 g/mol. The van der Waals surface area contributed by atoms with E-state index in [0.717, 1.165) is 58.0 Å². The van der Waals surface area contributed by atoms with Crippen molar-refractivity contribution in [1.29, 1.82) is 0 Å². The number of ether oxygens (including phenoxy) is 6. The Labute approximate surface area is 451 Å². The number of pyridine rings is 1. The Bertz CT molecular complexity index is 3220. The Kier molecular flexibility index (Phi) is 17.9. The summed E-state index contributed by atoms with van der Waals surface area (Å²) in [5.74, 6) is 0. The third-order valence-corrected chi connectivity index (χ3v) is 15.7. The van der Waals surface area contributed by atoms with E-state index in [9.17, 15) is 8.42 Å². The lowest BCUT2D eigenvalue weighted by molar-refractivity contribution is -0.328. The molecule has 10 rings (SSSR count). The second-order valence-electron chi connectivity index (χ2n) is 19.1. The van der Waals surface area contributed by atoms with Crippen LogP contribution in [0.2, 0.25) is 0 Å². The molecule has 2 N–H and O–H groups in total. The molecule has 0 amide bonds. The van der Waals surface area contributed by atoms with Crippen molar-refractivity contribution < 1.29 is 36.8 Å². The molecule has 77 heavy (non-hydrogen) atoms. The van der Waals surface area contributed by atoms with Crippen LogP contribution >= 0.6 is 0 Å². The van der Waals surface area contributed by atoms with E-state index in [1.54, 1.807) is 48.9 Å². The molecule has 5 atom stereocenters. The van der Waals surface area contributed by atoms with Gasteiger partial charge < -0.3 is 38.7 Å². The van der Waals surface area contributed by atoms with Gasteiger partial charge in [0.15, 0.2) is 6.29 Å². The molecule has 9 aromatic rings. The molecule has 1 aliphatic rings. The quantitative estimate of drug-likeness (QED) is 0.0408. The van der Waals surface area contributed by atoms with E-state index in [2.05, 4.69) is 82.3 Å². The highest BCUT2D eigenvalue weighted by atomic mass is 32.2. The largest absolute Gasteiger partial charge is 0.379 e. The van der Waals surface area contributed by atoms with E-state index in [0.29, 0.717) is 30.8 Å². The number of benzene rings is 6. The summed E-state index contributed by atoms with van der Waals surface area (Å²) in [6.07, 6.45) is 8.18. The number of unbranched alkanes of at least 4 members (excludes halogenated alkanes) is 2. The molecule has 0 saturated carbocycles. The molecule has 13 nitrogen and oxygen atoms in total. The lowest BCUT2D eigenvalue weighted by atomic mass is 9.77. The first-order valence-electron chi connectivity index (χ1n) is 26.4. The van der Waals surface area contributed by atoms with Crippen molar-refractivity contribution in [2.75, 3.05) is 26.4 Å². The molecule has 0 bridgehead atoms. The smallest absolute Gasteiger partial charge is 0.268 e. The molecule has 4 heterocycles. The summed E-state index contributed by atoms with van der Waals surface area (Å²) in [5, 5.41) is 0.801. The van der Waals surface area contributed by atoms with Gasteiger partial charge in [-0.15, -0.1) is 0 Å². The maximum absolute atomic E-state index is 14.1. The van der Waals surface area contributed by atoms with Crippen LogP contribution in [0.25, 0.3) is 10.9 Å². The second-order valence-corrected chi connectivity index (χ2v) is 20.9. The van der Waals surface area contributed by atoms with Gasteiger partial charge in [0.05, 0.1) is 55.5 Å². The summed E-state index contributed by atoms with van der Waals surface area (Å²) in [6, 6.07) is 61.2. The van der Waals surface area contributed by atoms with Crippen molar-refractivity contribution in [3.63, 3.8) is 0 Å². The van der Waals surface area contributed by atoms with E-state index < -0.39 is 46.3 Å². The van der Waals surface area contributed by atoms with Gasteiger partial charge in [-0.25, -0.2) is 17.4 Å². The Balaban J connectivity index is 1.01. The number of hydrogen-bond donors (Lipinski definition) is 1. The Morgan fingerprint density at radius 2 is 1.18 bits per heavy atom. The van der Waals surface area contributed by atoms with Crippen molar-refractivity contribution in [2.45, 2.75) is 86.6 Å². The minimum atomic E-state index is -3.91. The first-order chi connectivity index (χ1) is 37.9. The van der Waals surface area contributed by atoms with Crippen molar-refractivity contribution in [1.82, 2.24) is 18.5 Å². The van der Waals surface area contributed by atoms with Crippen LogP contribution in [-0.2, 0) is 70.2 Å². The third kappa shape index (κ3) is 12.4. The molecular formula is C63H65N5O8S. The van der Waals surface area contributed by atoms with E-state index >= 15 is 0 Å². The SMILES string of the molecule is NCCCCCOC[C@@H]1O[C@H](OCCc2cn(S(=O)(=O)c3ccccc3)c3ccccc23)[C@H](OCc2cn(C(c3ccccc3)(c3ccccc3)c3ccccc3)cn2)[C@H](OCc2ccccc2)[C@H]1OCc1cccnc1. The van der Waals surface area contributed by atoms with Crippen LogP contribution in [0.5, 0.6) is 0 Å². The topological polar surface area (TPSA) is 151 Å². The lowest BCUT2D eigenvalue weighted by Crippen LogP contribution is -2.62. The van der Waals surface area contributed by atoms with Crippen LogP contribution in [0, 0.1) is 0 Å². The molecule has 0 spiro atoms. The fraction of sp³-hybridized carbons (Fsp3) is 0.270. The minimum absolute atomic E-state index is 0.0585. The van der Waals surface area contributed by atoms with Crippen LogP contribution < -0.4 is 5.73 Å². The van der Waals surface area contributed by atoms with Gasteiger partial charge in [-0.2, -0.15) is 0 Å². The highest BCUT2D eigenvalue weighted by Gasteiger charge is 2.49. The fourth-order valence-electron chi connectivity index (χ4n) is 10.3. The average Bonchev–Trinajstić information content (AvgIpc) is 4.25. The van der Waals surface area contributed by atoms with Gasteiger partial charge in [0.2, 0.25) is 0 Å². The molecule has 1 saturated heterocycles. The molecule has 1 fully saturated rings. The molecule has 1 aliphatic heterocycles. The van der Waals surface area contributed by atoms with Gasteiger partial charge in [0, 0.05) is 36.8 Å². The predicted octanol–water partition coefficient (Wildman–Crippen LogP) is 10.5. The van der Waals surface area contributed by atoms with E-state index in [-0.39, 0.29) is 37.9 Å². The first kappa shape index (κ1) is 53.3. The summed E-state index contributed by atoms with van der Waals surface area (Å²) < 4.78 is 73.1. The zero-order valence-corrected chi connectivity index (χ0v) is 43.8. The number of imidazole rings is 1. The highest BCUT2D eigenvalue weighted by Crippen LogP contribution is 2.41. The van der Waals surface area contributed by atoms with Crippen LogP contribution in [0.1, 0.15) is 58.3 Å². The van der Waals surface area contributed by atoms with E-state index in [1.807, 2.05) is 97.5 Å². The molecule has 396 valence electrons. The number of fused-ring (bicyclic) bond motifs is 1. The highest BCUT2D eigenvalue weighted by molar-refractivity contribution is 7.90. The number of aromatic nitrogens is 4. The van der Waals surface area contributed by atoms with Gasteiger partial charge in [-0.3, -0.25) is 4.98 Å². The Morgan fingerprint density at radius 3 is 1.84 bits per heavy atom. The summed E-state index contributed by atoms with van der Waals surface area (Å²) in [4.78, 5) is 9.60.